The van der Waals surface area contributed by atoms with Gasteiger partial charge in [0.25, 0.3) is 0 Å². The Bertz CT molecular complexity index is 346. The van der Waals surface area contributed by atoms with Crippen molar-refractivity contribution in [2.24, 2.45) is 5.92 Å². The number of nitrogens with zero attached hydrogens (tertiary/aromatic N) is 3. The highest BCUT2D eigenvalue weighted by molar-refractivity contribution is 6.28. The molecular formula is C11H16ClN3O. The van der Waals surface area contributed by atoms with Gasteiger partial charge in [0.05, 0.1) is 6.61 Å². The molecule has 16 heavy (non-hydrogen) atoms. The van der Waals surface area contributed by atoms with E-state index in [1.165, 1.54) is 12.8 Å². The minimum atomic E-state index is 0.311. The monoisotopic (exact) mass is 241 g/mol. The van der Waals surface area contributed by atoms with Gasteiger partial charge in [-0.3, -0.25) is 0 Å². The fraction of sp³-hybridized carbons (Fsp3) is 0.636. The lowest BCUT2D eigenvalue weighted by molar-refractivity contribution is 0.143. The van der Waals surface area contributed by atoms with Crippen molar-refractivity contribution in [3.8, 4) is 0 Å². The molecular weight excluding hydrogens is 226 g/mol. The zero-order valence-corrected chi connectivity index (χ0v) is 10.2. The largest absolute Gasteiger partial charge is 0.384 e. The molecule has 2 rings (SSSR count). The summed E-state index contributed by atoms with van der Waals surface area (Å²) in [6.07, 6.45) is 4.10. The summed E-state index contributed by atoms with van der Waals surface area (Å²) in [5.41, 5.74) is 0. The molecule has 0 radical (unpaired) electrons. The highest BCUT2D eigenvalue weighted by Crippen LogP contribution is 2.22. The highest BCUT2D eigenvalue weighted by atomic mass is 35.5. The van der Waals surface area contributed by atoms with Crippen molar-refractivity contribution in [2.75, 3.05) is 31.7 Å². The predicted molar refractivity (Wildman–Crippen MR) is 63.9 cm³/mol. The molecule has 2 heterocycles. The van der Waals surface area contributed by atoms with Gasteiger partial charge < -0.3 is 9.64 Å². The molecule has 1 fully saturated rings. The van der Waals surface area contributed by atoms with Gasteiger partial charge in [0.2, 0.25) is 5.28 Å². The van der Waals surface area contributed by atoms with Crippen LogP contribution in [0.5, 0.6) is 0 Å². The van der Waals surface area contributed by atoms with E-state index in [1.807, 2.05) is 6.07 Å². The smallest absolute Gasteiger partial charge is 0.224 e. The van der Waals surface area contributed by atoms with Gasteiger partial charge in [0, 0.05) is 26.4 Å². The van der Waals surface area contributed by atoms with E-state index in [9.17, 15) is 0 Å². The maximum absolute atomic E-state index is 5.79. The third kappa shape index (κ3) is 2.83. The molecule has 1 saturated heterocycles. The first kappa shape index (κ1) is 11.6. The van der Waals surface area contributed by atoms with Crippen molar-refractivity contribution >= 4 is 17.4 Å². The van der Waals surface area contributed by atoms with E-state index in [0.717, 1.165) is 25.5 Å². The predicted octanol–water partition coefficient (Wildman–Crippen LogP) is 1.99. The standard InChI is InChI=1S/C11H16ClN3O/c1-16-8-9-3-2-6-15(7-9)10-4-5-13-11(12)14-10/h4-5,9H,2-3,6-8H2,1H3/t9-/m1/s1. The van der Waals surface area contributed by atoms with E-state index in [2.05, 4.69) is 14.9 Å². The maximum Gasteiger partial charge on any atom is 0.224 e. The summed E-state index contributed by atoms with van der Waals surface area (Å²) in [7, 11) is 1.75. The Balaban J connectivity index is 2.03. The van der Waals surface area contributed by atoms with Crippen molar-refractivity contribution in [2.45, 2.75) is 12.8 Å². The molecule has 0 bridgehead atoms. The average Bonchev–Trinajstić information content (AvgIpc) is 2.30. The fourth-order valence-corrected chi connectivity index (χ4v) is 2.29. The normalized spacial score (nSPS) is 21.1. The van der Waals surface area contributed by atoms with Gasteiger partial charge in [-0.25, -0.2) is 9.97 Å². The second kappa shape index (κ2) is 5.46. The number of ether oxygens (including phenoxy) is 1. The zero-order chi connectivity index (χ0) is 11.4. The van der Waals surface area contributed by atoms with Crippen molar-refractivity contribution in [1.82, 2.24) is 9.97 Å². The second-order valence-corrected chi connectivity index (χ2v) is 4.43. The summed E-state index contributed by atoms with van der Waals surface area (Å²) in [4.78, 5) is 10.4. The van der Waals surface area contributed by atoms with Crippen LogP contribution in [0, 0.1) is 5.92 Å². The SMILES string of the molecule is COC[C@@H]1CCCN(c2ccnc(Cl)n2)C1. The number of piperidine rings is 1. The fourth-order valence-electron chi connectivity index (χ4n) is 2.15. The van der Waals surface area contributed by atoms with Crippen LogP contribution in [0.25, 0.3) is 0 Å². The zero-order valence-electron chi connectivity index (χ0n) is 9.40. The van der Waals surface area contributed by atoms with Crippen molar-refractivity contribution in [3.63, 3.8) is 0 Å². The quantitative estimate of drug-likeness (QED) is 0.759. The molecule has 0 saturated carbocycles. The summed E-state index contributed by atoms with van der Waals surface area (Å²) in [5, 5.41) is 0.311. The number of methoxy groups -OCH3 is 1. The van der Waals surface area contributed by atoms with Gasteiger partial charge in [-0.15, -0.1) is 0 Å². The molecule has 0 aliphatic carbocycles. The first-order chi connectivity index (χ1) is 7.79. The van der Waals surface area contributed by atoms with Gasteiger partial charge >= 0.3 is 0 Å². The number of halogens is 1. The molecule has 5 heteroatoms. The maximum atomic E-state index is 5.79. The third-order valence-electron chi connectivity index (χ3n) is 2.86. The molecule has 1 aromatic heterocycles. The summed E-state index contributed by atoms with van der Waals surface area (Å²) in [6.45, 7) is 2.84. The van der Waals surface area contributed by atoms with E-state index in [4.69, 9.17) is 16.3 Å². The Kier molecular flexibility index (Phi) is 3.96. The molecule has 0 N–H and O–H groups in total. The Morgan fingerprint density at radius 1 is 1.62 bits per heavy atom. The molecule has 0 spiro atoms. The van der Waals surface area contributed by atoms with Crippen LogP contribution in [0.1, 0.15) is 12.8 Å². The first-order valence-corrected chi connectivity index (χ1v) is 5.90. The van der Waals surface area contributed by atoms with Gasteiger partial charge in [0.1, 0.15) is 5.82 Å². The topological polar surface area (TPSA) is 38.2 Å². The lowest BCUT2D eigenvalue weighted by Gasteiger charge is -2.33. The first-order valence-electron chi connectivity index (χ1n) is 5.52. The minimum absolute atomic E-state index is 0.311. The average molecular weight is 242 g/mol. The van der Waals surface area contributed by atoms with Gasteiger partial charge in [-0.2, -0.15) is 0 Å². The van der Waals surface area contributed by atoms with Gasteiger partial charge in [0.15, 0.2) is 0 Å². The van der Waals surface area contributed by atoms with E-state index in [1.54, 1.807) is 13.3 Å². The van der Waals surface area contributed by atoms with Crippen LogP contribution < -0.4 is 4.90 Å². The number of aromatic nitrogens is 2. The Hall–Kier alpha value is -0.870. The molecule has 88 valence electrons. The van der Waals surface area contributed by atoms with Gasteiger partial charge in [-0.1, -0.05) is 0 Å². The van der Waals surface area contributed by atoms with Crippen LogP contribution in [0.4, 0.5) is 5.82 Å². The van der Waals surface area contributed by atoms with Crippen LogP contribution in [-0.2, 0) is 4.74 Å². The van der Waals surface area contributed by atoms with Crippen LogP contribution in [-0.4, -0.2) is 36.8 Å². The van der Waals surface area contributed by atoms with E-state index in [0.29, 0.717) is 11.2 Å². The number of hydrogen-bond acceptors (Lipinski definition) is 4. The summed E-state index contributed by atoms with van der Waals surface area (Å²) in [6, 6.07) is 1.90. The third-order valence-corrected chi connectivity index (χ3v) is 3.04. The molecule has 0 aromatic carbocycles. The molecule has 1 aromatic rings. The molecule has 0 amide bonds. The summed E-state index contributed by atoms with van der Waals surface area (Å²) < 4.78 is 5.20. The van der Waals surface area contributed by atoms with Crippen molar-refractivity contribution in [3.05, 3.63) is 17.5 Å². The molecule has 1 atom stereocenters. The Morgan fingerprint density at radius 2 is 2.50 bits per heavy atom. The van der Waals surface area contributed by atoms with E-state index < -0.39 is 0 Å². The Morgan fingerprint density at radius 3 is 3.25 bits per heavy atom. The molecule has 1 aliphatic heterocycles. The van der Waals surface area contributed by atoms with E-state index >= 15 is 0 Å². The lowest BCUT2D eigenvalue weighted by atomic mass is 9.99. The highest BCUT2D eigenvalue weighted by Gasteiger charge is 2.20. The van der Waals surface area contributed by atoms with Crippen LogP contribution in [0.15, 0.2) is 12.3 Å². The molecule has 1 aliphatic rings. The molecule has 0 unspecified atom stereocenters. The minimum Gasteiger partial charge on any atom is -0.384 e. The Labute approximate surface area is 101 Å². The second-order valence-electron chi connectivity index (χ2n) is 4.09. The number of hydrogen-bond donors (Lipinski definition) is 0. The van der Waals surface area contributed by atoms with Crippen molar-refractivity contribution < 1.29 is 4.74 Å². The number of rotatable bonds is 3. The van der Waals surface area contributed by atoms with Crippen LogP contribution in [0.3, 0.4) is 0 Å². The van der Waals surface area contributed by atoms with Gasteiger partial charge in [-0.05, 0) is 36.4 Å². The summed E-state index contributed by atoms with van der Waals surface area (Å²) >= 11 is 5.79. The van der Waals surface area contributed by atoms with Crippen LogP contribution >= 0.6 is 11.6 Å². The van der Waals surface area contributed by atoms with Crippen LogP contribution in [0.2, 0.25) is 5.28 Å². The van der Waals surface area contributed by atoms with E-state index in [-0.39, 0.29) is 0 Å². The summed E-state index contributed by atoms with van der Waals surface area (Å²) in [5.74, 6) is 1.51. The lowest BCUT2D eigenvalue weighted by Crippen LogP contribution is -2.37. The number of anilines is 1. The molecule has 4 nitrogen and oxygen atoms in total. The van der Waals surface area contributed by atoms with Crippen molar-refractivity contribution in [1.29, 1.82) is 0 Å².